The van der Waals surface area contributed by atoms with Crippen LogP contribution in [-0.2, 0) is 7.05 Å². The maximum Gasteiger partial charge on any atom is 0.188 e. The summed E-state index contributed by atoms with van der Waals surface area (Å²) in [6.45, 7) is 0. The number of alkyl halides is 1. The molecule has 10 aromatic rings. The monoisotopic (exact) mass is 754 g/mol. The van der Waals surface area contributed by atoms with Crippen LogP contribution in [0.15, 0.2) is 188 Å². The molecule has 272 valence electrons. The van der Waals surface area contributed by atoms with Crippen LogP contribution in [0.4, 0.5) is 4.39 Å². The Hall–Kier alpha value is -7.09. The fourth-order valence-electron chi connectivity index (χ4n) is 9.06. The minimum absolute atomic E-state index is 0.559. The topological polar surface area (TPSA) is 44.9 Å². The zero-order valence-corrected chi connectivity index (χ0v) is 32.1. The third kappa shape index (κ3) is 5.05. The van der Waals surface area contributed by atoms with Crippen molar-refractivity contribution in [3.63, 3.8) is 0 Å². The maximum atomic E-state index is 16.8. The van der Waals surface area contributed by atoms with Crippen LogP contribution < -0.4 is 25.5 Å². The van der Waals surface area contributed by atoms with Crippen LogP contribution in [0.3, 0.4) is 0 Å². The number of aryl methyl sites for hydroxylation is 1. The van der Waals surface area contributed by atoms with Crippen molar-refractivity contribution in [3.8, 4) is 28.6 Å². The largest absolute Gasteiger partial charge is 0.457 e. The van der Waals surface area contributed by atoms with Crippen LogP contribution in [0.25, 0.3) is 50.0 Å². The second-order valence-corrected chi connectivity index (χ2v) is 18.5. The molecule has 5 nitrogen and oxygen atoms in total. The van der Waals surface area contributed by atoms with Crippen molar-refractivity contribution in [1.82, 2.24) is 19.1 Å². The van der Waals surface area contributed by atoms with Gasteiger partial charge in [-0.2, -0.15) is 0 Å². The van der Waals surface area contributed by atoms with Crippen molar-refractivity contribution in [3.05, 3.63) is 199 Å². The number of halogens is 1. The van der Waals surface area contributed by atoms with Crippen molar-refractivity contribution in [2.45, 2.75) is 6.17 Å². The van der Waals surface area contributed by atoms with Gasteiger partial charge in [-0.3, -0.25) is 4.57 Å². The highest BCUT2D eigenvalue weighted by atomic mass is 28.3. The fraction of sp³-hybridized carbons (Fsp3) is 0.0400. The first-order valence-electron chi connectivity index (χ1n) is 19.2. The van der Waals surface area contributed by atoms with Gasteiger partial charge in [-0.15, -0.1) is 0 Å². The third-order valence-electron chi connectivity index (χ3n) is 11.6. The Kier molecular flexibility index (Phi) is 7.59. The lowest BCUT2D eigenvalue weighted by atomic mass is 10.00. The lowest BCUT2D eigenvalue weighted by molar-refractivity contribution is 0.402. The van der Waals surface area contributed by atoms with E-state index in [0.29, 0.717) is 11.1 Å². The average Bonchev–Trinajstić information content (AvgIpc) is 3.79. The molecule has 1 unspecified atom stereocenters. The van der Waals surface area contributed by atoms with Crippen LogP contribution in [0.5, 0.6) is 11.5 Å². The van der Waals surface area contributed by atoms with Crippen LogP contribution >= 0.6 is 0 Å². The number of aromatic nitrogens is 4. The summed E-state index contributed by atoms with van der Waals surface area (Å²) < 4.78 is 27.9. The first-order valence-corrected chi connectivity index (χ1v) is 21.2. The van der Waals surface area contributed by atoms with Crippen LogP contribution in [0.1, 0.15) is 17.3 Å². The number of pyridine rings is 1. The maximum absolute atomic E-state index is 16.8. The minimum atomic E-state index is -2.87. The Morgan fingerprint density at radius 1 is 0.579 bits per heavy atom. The zero-order valence-electron chi connectivity index (χ0n) is 31.1. The van der Waals surface area contributed by atoms with Gasteiger partial charge in [-0.1, -0.05) is 121 Å². The Labute approximate surface area is 329 Å². The highest BCUT2D eigenvalue weighted by molar-refractivity contribution is 7.20. The number of hydrogen-bond donors (Lipinski definition) is 0. The summed E-state index contributed by atoms with van der Waals surface area (Å²) in [5.74, 6) is 2.49. The molecule has 7 aromatic carbocycles. The molecular weight excluding hydrogens is 720 g/mol. The van der Waals surface area contributed by atoms with Gasteiger partial charge in [0.15, 0.2) is 14.2 Å². The summed E-state index contributed by atoms with van der Waals surface area (Å²) in [5.41, 5.74) is 6.52. The Morgan fingerprint density at radius 3 is 2.07 bits per heavy atom. The summed E-state index contributed by atoms with van der Waals surface area (Å²) in [6, 6.07) is 62.4. The first kappa shape index (κ1) is 33.3. The van der Waals surface area contributed by atoms with Crippen molar-refractivity contribution >= 4 is 61.8 Å². The molecule has 0 saturated heterocycles. The second-order valence-electron chi connectivity index (χ2n) is 14.7. The fourth-order valence-corrected chi connectivity index (χ4v) is 14.0. The molecule has 0 bridgehead atoms. The van der Waals surface area contributed by atoms with Gasteiger partial charge in [-0.25, -0.2) is 14.4 Å². The third-order valence-corrected chi connectivity index (χ3v) is 16.4. The van der Waals surface area contributed by atoms with E-state index in [1.54, 1.807) is 0 Å². The van der Waals surface area contributed by atoms with E-state index < -0.39 is 14.2 Å². The second kappa shape index (κ2) is 13.0. The number of para-hydroxylation sites is 3. The van der Waals surface area contributed by atoms with Crippen molar-refractivity contribution in [2.75, 3.05) is 0 Å². The van der Waals surface area contributed by atoms with Crippen LogP contribution in [-0.4, -0.2) is 27.2 Å². The van der Waals surface area contributed by atoms with E-state index in [-0.39, 0.29) is 0 Å². The van der Waals surface area contributed by atoms with Gasteiger partial charge in [0.2, 0.25) is 0 Å². The molecular formula is C50H35FN4OSi. The molecule has 1 atom stereocenters. The molecule has 1 aliphatic heterocycles. The van der Waals surface area contributed by atoms with Gasteiger partial charge in [-0.05, 0) is 86.5 Å². The molecule has 0 N–H and O–H groups in total. The Balaban J connectivity index is 1.09. The lowest BCUT2D eigenvalue weighted by Gasteiger charge is -2.39. The predicted octanol–water partition coefficient (Wildman–Crippen LogP) is 9.27. The number of ether oxygens (including phenoxy) is 1. The molecule has 0 amide bonds. The molecule has 0 spiro atoms. The number of imidazole rings is 1. The highest BCUT2D eigenvalue weighted by Crippen LogP contribution is 2.38. The lowest BCUT2D eigenvalue weighted by Crippen LogP contribution is -2.76. The summed E-state index contributed by atoms with van der Waals surface area (Å²) in [7, 11) is -0.865. The quantitative estimate of drug-likeness (QED) is 0.159. The summed E-state index contributed by atoms with van der Waals surface area (Å²) in [4.78, 5) is 9.82. The molecule has 3 aromatic heterocycles. The number of hydrogen-bond acceptors (Lipinski definition) is 3. The van der Waals surface area contributed by atoms with Crippen molar-refractivity contribution in [2.24, 2.45) is 7.05 Å². The van der Waals surface area contributed by atoms with E-state index in [1.165, 1.54) is 20.7 Å². The average molecular weight is 755 g/mol. The molecule has 1 aliphatic rings. The van der Waals surface area contributed by atoms with Crippen molar-refractivity contribution < 1.29 is 9.13 Å². The van der Waals surface area contributed by atoms with E-state index in [9.17, 15) is 0 Å². The molecule has 0 saturated carbocycles. The van der Waals surface area contributed by atoms with Gasteiger partial charge in [0.05, 0.1) is 16.6 Å². The smallest absolute Gasteiger partial charge is 0.188 e. The van der Waals surface area contributed by atoms with E-state index >= 15 is 4.39 Å². The minimum Gasteiger partial charge on any atom is -0.457 e. The Morgan fingerprint density at radius 2 is 1.28 bits per heavy atom. The summed E-state index contributed by atoms with van der Waals surface area (Å²) in [6.07, 6.45) is 0.460. The molecule has 11 rings (SSSR count). The predicted molar refractivity (Wildman–Crippen MR) is 231 cm³/mol. The molecule has 7 heteroatoms. The van der Waals surface area contributed by atoms with Gasteiger partial charge >= 0.3 is 0 Å². The SMILES string of the molecule is Cn1c(-c2cccc(C(F)c3cccc(-n4c5cc6c(cc5c5cccnc54)[Si](c4ccccc4)(c4ccccc4)c4ccccc4O6)c3)c2)nc2ccccc21. The summed E-state index contributed by atoms with van der Waals surface area (Å²) >= 11 is 0. The van der Waals surface area contributed by atoms with Gasteiger partial charge in [0, 0.05) is 41.3 Å². The number of benzene rings is 7. The van der Waals surface area contributed by atoms with Gasteiger partial charge in [0.1, 0.15) is 23.0 Å². The summed E-state index contributed by atoms with van der Waals surface area (Å²) in [5, 5.41) is 7.08. The first-order chi connectivity index (χ1) is 28.1. The van der Waals surface area contributed by atoms with E-state index in [1.807, 2.05) is 98.2 Å². The number of fused-ring (bicyclic) bond motifs is 6. The van der Waals surface area contributed by atoms with Crippen molar-refractivity contribution in [1.29, 1.82) is 0 Å². The molecule has 57 heavy (non-hydrogen) atoms. The number of nitrogens with zero attached hydrogens (tertiary/aromatic N) is 4. The normalized spacial score (nSPS) is 13.6. The van der Waals surface area contributed by atoms with E-state index in [4.69, 9.17) is 14.7 Å². The van der Waals surface area contributed by atoms with Crippen LogP contribution in [0.2, 0.25) is 0 Å². The molecule has 0 fully saturated rings. The van der Waals surface area contributed by atoms with E-state index in [0.717, 1.165) is 61.5 Å². The number of rotatable bonds is 6. The van der Waals surface area contributed by atoms with E-state index in [2.05, 4.69) is 106 Å². The standard InChI is InChI=1S/C50H35FN4OSi/c1-54-42-25-9-8-24-41(42)53-49(54)35-17-12-15-33(29-35)48(51)34-16-13-18-36(30-34)55-43-32-45-47(31-40(43)39-23-14-28-52-50(39)55)57(37-19-4-2-5-20-37,38-21-6-3-7-22-38)46-27-11-10-26-44(46)56-45/h2-32,48H,1H3. The highest BCUT2D eigenvalue weighted by Gasteiger charge is 2.48. The molecule has 0 aliphatic carbocycles. The molecule has 4 heterocycles. The van der Waals surface area contributed by atoms with Gasteiger partial charge in [0.25, 0.3) is 0 Å². The van der Waals surface area contributed by atoms with Crippen LogP contribution in [0, 0.1) is 0 Å². The Bertz CT molecular complexity index is 3120. The zero-order chi connectivity index (χ0) is 38.1. The molecule has 0 radical (unpaired) electrons. The van der Waals surface area contributed by atoms with Gasteiger partial charge < -0.3 is 9.30 Å².